The van der Waals surface area contributed by atoms with Gasteiger partial charge >= 0.3 is 0 Å². The Morgan fingerprint density at radius 1 is 1.26 bits per heavy atom. The molecule has 0 saturated heterocycles. The van der Waals surface area contributed by atoms with Crippen LogP contribution in [0.1, 0.15) is 65.7 Å². The molecule has 0 aromatic heterocycles. The molecule has 0 heterocycles. The zero-order valence-corrected chi connectivity index (χ0v) is 13.4. The van der Waals surface area contributed by atoms with Gasteiger partial charge in [0.25, 0.3) is 0 Å². The lowest BCUT2D eigenvalue weighted by atomic mass is 9.82. The maximum absolute atomic E-state index is 5.63. The van der Waals surface area contributed by atoms with Crippen molar-refractivity contribution in [3.05, 3.63) is 0 Å². The van der Waals surface area contributed by atoms with Crippen LogP contribution in [0.4, 0.5) is 0 Å². The van der Waals surface area contributed by atoms with Crippen LogP contribution < -0.4 is 5.32 Å². The van der Waals surface area contributed by atoms with Gasteiger partial charge in [-0.05, 0) is 76.7 Å². The molecule has 0 amide bonds. The van der Waals surface area contributed by atoms with E-state index < -0.39 is 0 Å². The SMILES string of the molecule is CCCNC(CC1CC2CCC1C2)CC(C)(C)OC. The summed E-state index contributed by atoms with van der Waals surface area (Å²) in [5, 5.41) is 3.77. The van der Waals surface area contributed by atoms with E-state index >= 15 is 0 Å². The first-order valence-corrected chi connectivity index (χ1v) is 8.32. The molecular formula is C17H33NO. The van der Waals surface area contributed by atoms with E-state index in [-0.39, 0.29) is 5.60 Å². The minimum atomic E-state index is 0.00300. The van der Waals surface area contributed by atoms with Crippen LogP contribution in [-0.4, -0.2) is 25.3 Å². The minimum Gasteiger partial charge on any atom is -0.379 e. The summed E-state index contributed by atoms with van der Waals surface area (Å²) in [5.41, 5.74) is 0.00300. The van der Waals surface area contributed by atoms with Crippen LogP contribution in [0.3, 0.4) is 0 Å². The number of nitrogens with one attached hydrogen (secondary N) is 1. The van der Waals surface area contributed by atoms with Crippen molar-refractivity contribution in [3.63, 3.8) is 0 Å². The molecule has 0 aromatic rings. The van der Waals surface area contributed by atoms with Gasteiger partial charge in [0.2, 0.25) is 0 Å². The lowest BCUT2D eigenvalue weighted by Gasteiger charge is -2.33. The van der Waals surface area contributed by atoms with E-state index in [2.05, 4.69) is 26.1 Å². The summed E-state index contributed by atoms with van der Waals surface area (Å²) in [5.74, 6) is 3.10. The molecule has 0 aliphatic heterocycles. The molecule has 2 saturated carbocycles. The lowest BCUT2D eigenvalue weighted by molar-refractivity contribution is 0.00422. The van der Waals surface area contributed by atoms with Crippen LogP contribution in [0.15, 0.2) is 0 Å². The first-order chi connectivity index (χ1) is 9.04. The van der Waals surface area contributed by atoms with Gasteiger partial charge in [-0.2, -0.15) is 0 Å². The van der Waals surface area contributed by atoms with Crippen LogP contribution in [0.25, 0.3) is 0 Å². The molecule has 2 rings (SSSR count). The first kappa shape index (κ1) is 15.3. The molecule has 19 heavy (non-hydrogen) atoms. The summed E-state index contributed by atoms with van der Waals surface area (Å²) >= 11 is 0. The van der Waals surface area contributed by atoms with Crippen LogP contribution in [0, 0.1) is 17.8 Å². The zero-order valence-electron chi connectivity index (χ0n) is 13.4. The number of hydrogen-bond acceptors (Lipinski definition) is 2. The van der Waals surface area contributed by atoms with Crippen molar-refractivity contribution in [2.24, 2.45) is 17.8 Å². The van der Waals surface area contributed by atoms with Crippen LogP contribution in [-0.2, 0) is 4.74 Å². The summed E-state index contributed by atoms with van der Waals surface area (Å²) in [7, 11) is 1.84. The van der Waals surface area contributed by atoms with Crippen molar-refractivity contribution in [2.75, 3.05) is 13.7 Å². The molecular weight excluding hydrogens is 234 g/mol. The number of rotatable bonds is 8. The Labute approximate surface area is 119 Å². The normalized spacial score (nSPS) is 31.9. The highest BCUT2D eigenvalue weighted by Gasteiger charge is 2.40. The van der Waals surface area contributed by atoms with Gasteiger partial charge in [-0.1, -0.05) is 13.3 Å². The van der Waals surface area contributed by atoms with Crippen molar-refractivity contribution in [3.8, 4) is 0 Å². The Hall–Kier alpha value is -0.0800. The fourth-order valence-corrected chi connectivity index (χ4v) is 4.29. The maximum Gasteiger partial charge on any atom is 0.0637 e. The van der Waals surface area contributed by atoms with Gasteiger partial charge in [0.05, 0.1) is 5.60 Å². The van der Waals surface area contributed by atoms with E-state index in [1.807, 2.05) is 7.11 Å². The number of hydrogen-bond donors (Lipinski definition) is 1. The standard InChI is InChI=1S/C17H33NO/c1-5-8-18-16(12-17(2,3)19-4)11-15-10-13-6-7-14(15)9-13/h13-16,18H,5-12H2,1-4H3. The molecule has 1 N–H and O–H groups in total. The molecule has 2 fully saturated rings. The van der Waals surface area contributed by atoms with Crippen molar-refractivity contribution in [1.29, 1.82) is 0 Å². The lowest BCUT2D eigenvalue weighted by Crippen LogP contribution is -2.39. The topological polar surface area (TPSA) is 21.3 Å². The highest BCUT2D eigenvalue weighted by molar-refractivity contribution is 4.92. The maximum atomic E-state index is 5.63. The van der Waals surface area contributed by atoms with Crippen LogP contribution in [0.5, 0.6) is 0 Å². The van der Waals surface area contributed by atoms with Gasteiger partial charge in [-0.25, -0.2) is 0 Å². The van der Waals surface area contributed by atoms with E-state index in [1.54, 1.807) is 0 Å². The molecule has 0 aromatic carbocycles. The third kappa shape index (κ3) is 4.19. The Kier molecular flexibility index (Phi) is 5.30. The quantitative estimate of drug-likeness (QED) is 0.718. The van der Waals surface area contributed by atoms with Crippen LogP contribution >= 0.6 is 0 Å². The van der Waals surface area contributed by atoms with Gasteiger partial charge in [0.1, 0.15) is 0 Å². The summed E-state index contributed by atoms with van der Waals surface area (Å²) in [4.78, 5) is 0. The Morgan fingerprint density at radius 2 is 2.05 bits per heavy atom. The Bertz CT molecular complexity index is 276. The molecule has 0 radical (unpaired) electrons. The Morgan fingerprint density at radius 3 is 2.58 bits per heavy atom. The van der Waals surface area contributed by atoms with Crippen molar-refractivity contribution < 1.29 is 4.74 Å². The predicted molar refractivity (Wildman–Crippen MR) is 81.3 cm³/mol. The second-order valence-corrected chi connectivity index (χ2v) is 7.49. The van der Waals surface area contributed by atoms with Gasteiger partial charge in [-0.15, -0.1) is 0 Å². The van der Waals surface area contributed by atoms with Crippen molar-refractivity contribution in [2.45, 2.75) is 77.4 Å². The highest BCUT2D eigenvalue weighted by Crippen LogP contribution is 2.50. The first-order valence-electron chi connectivity index (χ1n) is 8.32. The number of methoxy groups -OCH3 is 1. The number of ether oxygens (including phenoxy) is 1. The molecule has 112 valence electrons. The smallest absolute Gasteiger partial charge is 0.0637 e. The van der Waals surface area contributed by atoms with E-state index in [1.165, 1.54) is 38.5 Å². The van der Waals surface area contributed by atoms with Crippen LogP contribution in [0.2, 0.25) is 0 Å². The molecule has 2 nitrogen and oxygen atoms in total. The van der Waals surface area contributed by atoms with Crippen molar-refractivity contribution >= 4 is 0 Å². The third-order valence-electron chi connectivity index (χ3n) is 5.45. The summed E-state index contributed by atoms with van der Waals surface area (Å²) in [6, 6.07) is 0.638. The average Bonchev–Trinajstić information content (AvgIpc) is 2.98. The molecule has 0 spiro atoms. The fourth-order valence-electron chi connectivity index (χ4n) is 4.29. The molecule has 4 atom stereocenters. The largest absolute Gasteiger partial charge is 0.379 e. The van der Waals surface area contributed by atoms with Gasteiger partial charge in [-0.3, -0.25) is 0 Å². The van der Waals surface area contributed by atoms with E-state index in [0.29, 0.717) is 6.04 Å². The number of fused-ring (bicyclic) bond motifs is 2. The van der Waals surface area contributed by atoms with Crippen molar-refractivity contribution in [1.82, 2.24) is 5.32 Å². The zero-order chi connectivity index (χ0) is 13.9. The fraction of sp³-hybridized carbons (Fsp3) is 1.00. The Balaban J connectivity index is 1.86. The van der Waals surface area contributed by atoms with Gasteiger partial charge < -0.3 is 10.1 Å². The minimum absolute atomic E-state index is 0.00300. The summed E-state index contributed by atoms with van der Waals surface area (Å²) in [6.07, 6.45) is 9.77. The second kappa shape index (κ2) is 6.58. The average molecular weight is 267 g/mol. The molecule has 4 unspecified atom stereocenters. The molecule has 2 aliphatic carbocycles. The third-order valence-corrected chi connectivity index (χ3v) is 5.45. The monoisotopic (exact) mass is 267 g/mol. The summed E-state index contributed by atoms with van der Waals surface area (Å²) in [6.45, 7) is 7.83. The van der Waals surface area contributed by atoms with Gasteiger partial charge in [0.15, 0.2) is 0 Å². The van der Waals surface area contributed by atoms with Gasteiger partial charge in [0, 0.05) is 13.2 Å². The van der Waals surface area contributed by atoms with E-state index in [0.717, 1.165) is 30.7 Å². The molecule has 2 heteroatoms. The molecule has 2 aliphatic rings. The van der Waals surface area contributed by atoms with E-state index in [4.69, 9.17) is 4.74 Å². The van der Waals surface area contributed by atoms with E-state index in [9.17, 15) is 0 Å². The highest BCUT2D eigenvalue weighted by atomic mass is 16.5. The summed E-state index contributed by atoms with van der Waals surface area (Å²) < 4.78 is 5.63. The predicted octanol–water partition coefficient (Wildman–Crippen LogP) is 4.00. The molecule has 2 bridgehead atoms. The second-order valence-electron chi connectivity index (χ2n) is 7.49.